The van der Waals surface area contributed by atoms with Crippen LogP contribution in [0.2, 0.25) is 0 Å². The number of aliphatic imine (C=N–C) groups is 1. The van der Waals surface area contributed by atoms with Gasteiger partial charge in [-0.1, -0.05) is 88.4 Å². The van der Waals surface area contributed by atoms with E-state index >= 15 is 0 Å². The van der Waals surface area contributed by atoms with Gasteiger partial charge in [0.25, 0.3) is 0 Å². The smallest absolute Gasteiger partial charge is 0.249 e. The van der Waals surface area contributed by atoms with Crippen molar-refractivity contribution in [1.82, 2.24) is 14.7 Å². The summed E-state index contributed by atoms with van der Waals surface area (Å²) in [6.07, 6.45) is 3.07. The number of piperazine rings is 1. The second kappa shape index (κ2) is 13.5. The van der Waals surface area contributed by atoms with Crippen molar-refractivity contribution in [3.05, 3.63) is 71.8 Å². The van der Waals surface area contributed by atoms with E-state index in [1.54, 1.807) is 0 Å². The molecule has 0 spiro atoms. The molecule has 5 rings (SSSR count). The SMILES string of the molecule is CCOC1=N[C@H](CCC[C@]23CCCN2C(=O)[C@H](C(C)C)N(Cc2ccccc2)C3=O)C(=O)N(Cc2ccccc2)[C@H]1C(C)C. The molecular formula is C36H48N4O4. The molecule has 4 atom stereocenters. The Balaban J connectivity index is 1.38. The highest BCUT2D eigenvalue weighted by atomic mass is 16.5. The van der Waals surface area contributed by atoms with Crippen LogP contribution in [0.15, 0.2) is 65.7 Å². The zero-order valence-electron chi connectivity index (χ0n) is 26.9. The molecule has 0 aliphatic carbocycles. The van der Waals surface area contributed by atoms with Gasteiger partial charge in [-0.25, -0.2) is 4.99 Å². The zero-order valence-corrected chi connectivity index (χ0v) is 26.9. The highest BCUT2D eigenvalue weighted by Crippen LogP contribution is 2.42. The van der Waals surface area contributed by atoms with E-state index < -0.39 is 17.6 Å². The van der Waals surface area contributed by atoms with Crippen LogP contribution in [0.3, 0.4) is 0 Å². The number of carbonyl (C=O) groups is 3. The first-order valence-electron chi connectivity index (χ1n) is 16.4. The van der Waals surface area contributed by atoms with Gasteiger partial charge in [0, 0.05) is 19.6 Å². The molecule has 2 fully saturated rings. The van der Waals surface area contributed by atoms with Crippen molar-refractivity contribution in [2.24, 2.45) is 16.8 Å². The first kappa shape index (κ1) is 31.7. The molecule has 8 nitrogen and oxygen atoms in total. The maximum Gasteiger partial charge on any atom is 0.249 e. The van der Waals surface area contributed by atoms with Crippen molar-refractivity contribution in [3.8, 4) is 0 Å². The summed E-state index contributed by atoms with van der Waals surface area (Å²) < 4.78 is 6.05. The maximum absolute atomic E-state index is 14.5. The summed E-state index contributed by atoms with van der Waals surface area (Å²) in [7, 11) is 0. The lowest BCUT2D eigenvalue weighted by molar-refractivity contribution is -0.171. The number of nitrogens with zero attached hydrogens (tertiary/aromatic N) is 4. The molecule has 2 saturated heterocycles. The van der Waals surface area contributed by atoms with E-state index in [1.165, 1.54) is 0 Å². The molecule has 3 heterocycles. The van der Waals surface area contributed by atoms with Crippen molar-refractivity contribution >= 4 is 23.6 Å². The number of rotatable bonds is 11. The van der Waals surface area contributed by atoms with Crippen LogP contribution in [-0.2, 0) is 32.2 Å². The minimum Gasteiger partial charge on any atom is -0.480 e. The van der Waals surface area contributed by atoms with Gasteiger partial charge in [0.05, 0.1) is 6.61 Å². The molecule has 236 valence electrons. The lowest BCUT2D eigenvalue weighted by atomic mass is 9.82. The van der Waals surface area contributed by atoms with Crippen LogP contribution in [0.5, 0.6) is 0 Å². The van der Waals surface area contributed by atoms with Crippen LogP contribution >= 0.6 is 0 Å². The van der Waals surface area contributed by atoms with E-state index in [1.807, 2.05) is 96.1 Å². The van der Waals surface area contributed by atoms with E-state index in [0.717, 1.165) is 17.5 Å². The Morgan fingerprint density at radius 2 is 1.43 bits per heavy atom. The number of benzene rings is 2. The molecule has 2 aromatic carbocycles. The first-order valence-corrected chi connectivity index (χ1v) is 16.4. The van der Waals surface area contributed by atoms with Gasteiger partial charge in [-0.05, 0) is 62.0 Å². The summed E-state index contributed by atoms with van der Waals surface area (Å²) >= 11 is 0. The Labute approximate surface area is 262 Å². The van der Waals surface area contributed by atoms with Crippen LogP contribution in [-0.4, -0.2) is 75.1 Å². The van der Waals surface area contributed by atoms with E-state index in [2.05, 4.69) is 13.8 Å². The van der Waals surface area contributed by atoms with Gasteiger partial charge in [-0.15, -0.1) is 0 Å². The average molecular weight is 601 g/mol. The van der Waals surface area contributed by atoms with Gasteiger partial charge >= 0.3 is 0 Å². The molecule has 3 amide bonds. The summed E-state index contributed by atoms with van der Waals surface area (Å²) in [6, 6.07) is 18.7. The highest BCUT2D eigenvalue weighted by Gasteiger charge is 2.58. The lowest BCUT2D eigenvalue weighted by Gasteiger charge is -2.50. The third-order valence-electron chi connectivity index (χ3n) is 9.46. The Morgan fingerprint density at radius 3 is 2.00 bits per heavy atom. The second-order valence-electron chi connectivity index (χ2n) is 13.2. The topological polar surface area (TPSA) is 82.5 Å². The quantitative estimate of drug-likeness (QED) is 0.343. The molecule has 0 bridgehead atoms. The van der Waals surface area contributed by atoms with Gasteiger partial charge in [0.2, 0.25) is 23.6 Å². The summed E-state index contributed by atoms with van der Waals surface area (Å²) in [6.45, 7) is 12.1. The molecule has 0 aromatic heterocycles. The highest BCUT2D eigenvalue weighted by molar-refractivity contribution is 6.00. The molecule has 3 aliphatic heterocycles. The van der Waals surface area contributed by atoms with E-state index in [4.69, 9.17) is 9.73 Å². The monoisotopic (exact) mass is 600 g/mol. The zero-order chi connectivity index (χ0) is 31.4. The number of carbonyl (C=O) groups excluding carboxylic acids is 3. The maximum atomic E-state index is 14.5. The Kier molecular flexibility index (Phi) is 9.76. The standard InChI is InChI=1S/C36H48N4O4/c1-6-44-32-30(25(2)3)38(23-27-15-9-7-10-16-27)33(41)29(37-32)19-13-20-36-21-14-22-40(36)34(42)31(26(4)5)39(35(36)43)24-28-17-11-8-12-18-28/h7-12,15-18,25-26,29-31H,6,13-14,19-24H2,1-5H3/t29-,30+,31+,36-/m1/s1. The molecule has 8 heteroatoms. The Morgan fingerprint density at radius 1 is 0.841 bits per heavy atom. The molecule has 0 radical (unpaired) electrons. The van der Waals surface area contributed by atoms with Crippen LogP contribution in [0.4, 0.5) is 0 Å². The Bertz CT molecular complexity index is 1340. The lowest BCUT2D eigenvalue weighted by Crippen LogP contribution is -2.70. The van der Waals surface area contributed by atoms with Gasteiger partial charge in [0.15, 0.2) is 0 Å². The van der Waals surface area contributed by atoms with E-state index in [9.17, 15) is 14.4 Å². The van der Waals surface area contributed by atoms with Crippen molar-refractivity contribution in [2.45, 2.75) is 103 Å². The minimum absolute atomic E-state index is 0.00412. The predicted octanol–water partition coefficient (Wildman–Crippen LogP) is 5.46. The fourth-order valence-corrected chi connectivity index (χ4v) is 7.47. The van der Waals surface area contributed by atoms with Crippen LogP contribution in [0, 0.1) is 11.8 Å². The molecule has 0 saturated carbocycles. The summed E-state index contributed by atoms with van der Waals surface area (Å²) in [5.74, 6) is 0.831. The van der Waals surface area contributed by atoms with Gasteiger partial charge in [0.1, 0.15) is 23.7 Å². The number of hydrogen-bond acceptors (Lipinski definition) is 5. The van der Waals surface area contributed by atoms with E-state index in [-0.39, 0.29) is 35.6 Å². The third-order valence-corrected chi connectivity index (χ3v) is 9.46. The number of amides is 3. The first-order chi connectivity index (χ1) is 21.2. The van der Waals surface area contributed by atoms with Gasteiger partial charge in [-0.2, -0.15) is 0 Å². The molecule has 2 aromatic rings. The average Bonchev–Trinajstić information content (AvgIpc) is 3.44. The summed E-state index contributed by atoms with van der Waals surface area (Å²) in [5, 5.41) is 0. The number of hydrogen-bond donors (Lipinski definition) is 0. The van der Waals surface area contributed by atoms with Crippen molar-refractivity contribution in [1.29, 1.82) is 0 Å². The van der Waals surface area contributed by atoms with Crippen molar-refractivity contribution < 1.29 is 19.1 Å². The van der Waals surface area contributed by atoms with Crippen molar-refractivity contribution in [2.75, 3.05) is 13.2 Å². The molecule has 3 aliphatic rings. The van der Waals surface area contributed by atoms with Crippen LogP contribution < -0.4 is 0 Å². The molecule has 44 heavy (non-hydrogen) atoms. The molecule has 0 N–H and O–H groups in total. The van der Waals surface area contributed by atoms with Crippen LogP contribution in [0.25, 0.3) is 0 Å². The van der Waals surface area contributed by atoms with Crippen LogP contribution in [0.1, 0.15) is 77.8 Å². The molecule has 0 unspecified atom stereocenters. The number of fused-ring (bicyclic) bond motifs is 1. The minimum atomic E-state index is -0.869. The fraction of sp³-hybridized carbons (Fsp3) is 0.556. The molecular weight excluding hydrogens is 552 g/mol. The normalized spacial score (nSPS) is 25.6. The predicted molar refractivity (Wildman–Crippen MR) is 172 cm³/mol. The largest absolute Gasteiger partial charge is 0.480 e. The van der Waals surface area contributed by atoms with Gasteiger partial charge < -0.3 is 19.4 Å². The van der Waals surface area contributed by atoms with Crippen molar-refractivity contribution in [3.63, 3.8) is 0 Å². The second-order valence-corrected chi connectivity index (χ2v) is 13.2. The van der Waals surface area contributed by atoms with E-state index in [0.29, 0.717) is 57.8 Å². The third kappa shape index (κ3) is 6.13. The van der Waals surface area contributed by atoms with Gasteiger partial charge in [-0.3, -0.25) is 14.4 Å². The summed E-state index contributed by atoms with van der Waals surface area (Å²) in [5.41, 5.74) is 1.21. The number of ether oxygens (including phenoxy) is 1. The fourth-order valence-electron chi connectivity index (χ4n) is 7.47. The summed E-state index contributed by atoms with van der Waals surface area (Å²) in [4.78, 5) is 53.0. The Hall–Kier alpha value is -3.68.